The number of hydrogen-bond donors (Lipinski definition) is 2. The molecule has 0 aliphatic carbocycles. The molecule has 2 N–H and O–H groups in total. The summed E-state index contributed by atoms with van der Waals surface area (Å²) in [7, 11) is 0. The molecule has 4 aromatic carbocycles. The smallest absolute Gasteiger partial charge is 0.325 e. The van der Waals surface area contributed by atoms with E-state index >= 15 is 0 Å². The monoisotopic (exact) mass is 706 g/mol. The number of benzene rings is 4. The number of amides is 2. The molecule has 5 aromatic rings. The molecule has 0 saturated heterocycles. The van der Waals surface area contributed by atoms with Gasteiger partial charge in [0.25, 0.3) is 0 Å². The van der Waals surface area contributed by atoms with Gasteiger partial charge >= 0.3 is 18.0 Å². The Morgan fingerprint density at radius 3 is 2.10 bits per heavy atom. The predicted octanol–water partition coefficient (Wildman–Crippen LogP) is 8.45. The molecule has 264 valence electrons. The zero-order valence-corrected chi connectivity index (χ0v) is 30.2. The van der Waals surface area contributed by atoms with Crippen molar-refractivity contribution in [1.29, 1.82) is 0 Å². The molecule has 1 heterocycles. The summed E-state index contributed by atoms with van der Waals surface area (Å²) in [5.74, 6) is -0.642. The maximum Gasteiger partial charge on any atom is 0.325 e. The summed E-state index contributed by atoms with van der Waals surface area (Å²) in [4.78, 5) is 46.6. The largest absolute Gasteiger partial charge is 0.461 e. The average molecular weight is 707 g/mol. The molecule has 0 fully saturated rings. The maximum absolute atomic E-state index is 13.1. The molecule has 0 bridgehead atoms. The topological polar surface area (TPSA) is 137 Å². The van der Waals surface area contributed by atoms with Crippen LogP contribution in [0.4, 0.5) is 16.2 Å². The second-order valence-electron chi connectivity index (χ2n) is 11.1. The third-order valence-corrected chi connectivity index (χ3v) is 7.96. The predicted molar refractivity (Wildman–Crippen MR) is 202 cm³/mol. The molecule has 0 unspecified atom stereocenters. The molecule has 12 heteroatoms. The lowest BCUT2D eigenvalue weighted by atomic mass is 10.1. The van der Waals surface area contributed by atoms with E-state index in [0.717, 1.165) is 45.3 Å². The second-order valence-corrected chi connectivity index (χ2v) is 12.0. The molecule has 5 rings (SSSR count). The van der Waals surface area contributed by atoms with Gasteiger partial charge in [0.2, 0.25) is 0 Å². The fraction of sp³-hybridized carbons (Fsp3) is 0.231. The van der Waals surface area contributed by atoms with E-state index < -0.39 is 18.0 Å². The molecule has 0 radical (unpaired) electrons. The minimum atomic E-state index is -0.571. The van der Waals surface area contributed by atoms with Crippen molar-refractivity contribution >= 4 is 46.3 Å². The fourth-order valence-electron chi connectivity index (χ4n) is 4.60. The van der Waals surface area contributed by atoms with Crippen molar-refractivity contribution in [2.45, 2.75) is 54.1 Å². The molecule has 11 nitrogen and oxygen atoms in total. The molecular formula is C39H42N6O5S. The van der Waals surface area contributed by atoms with E-state index in [2.05, 4.69) is 25.7 Å². The molecule has 2 amide bonds. The summed E-state index contributed by atoms with van der Waals surface area (Å²) in [5.41, 5.74) is 6.79. The van der Waals surface area contributed by atoms with Crippen LogP contribution in [0.2, 0.25) is 0 Å². The Bertz CT molecular complexity index is 1910. The second kappa shape index (κ2) is 19.4. The van der Waals surface area contributed by atoms with Crippen LogP contribution in [0.25, 0.3) is 17.1 Å². The van der Waals surface area contributed by atoms with Crippen molar-refractivity contribution in [3.63, 3.8) is 0 Å². The van der Waals surface area contributed by atoms with Gasteiger partial charge in [0.1, 0.15) is 18.9 Å². The van der Waals surface area contributed by atoms with Gasteiger partial charge in [0.15, 0.2) is 11.0 Å². The van der Waals surface area contributed by atoms with Crippen molar-refractivity contribution in [3.05, 3.63) is 126 Å². The van der Waals surface area contributed by atoms with Crippen molar-refractivity contribution < 1.29 is 23.9 Å². The SMILES string of the molecule is CC.Cc1ccc(-n2cnc(-c3ccc(NC(=O)NC(=Nc4c(C)cccc4C)SCOC(=O)CCC(=O)OCc4ccccc4)cc3)n2)cc1. The van der Waals surface area contributed by atoms with Gasteiger partial charge in [-0.15, -0.1) is 5.10 Å². The summed E-state index contributed by atoms with van der Waals surface area (Å²) in [6, 6.07) is 29.7. The average Bonchev–Trinajstić information content (AvgIpc) is 3.64. The third-order valence-electron chi connectivity index (χ3n) is 7.26. The first-order valence-electron chi connectivity index (χ1n) is 16.5. The van der Waals surface area contributed by atoms with Gasteiger partial charge in [-0.25, -0.2) is 19.5 Å². The number of thioether (sulfide) groups is 1. The van der Waals surface area contributed by atoms with Gasteiger partial charge in [0, 0.05) is 11.3 Å². The summed E-state index contributed by atoms with van der Waals surface area (Å²) in [6.07, 6.45) is 1.42. The number of carbonyl (C=O) groups is 3. The van der Waals surface area contributed by atoms with E-state index in [1.54, 1.807) is 23.1 Å². The van der Waals surface area contributed by atoms with Crippen LogP contribution in [0.5, 0.6) is 0 Å². The Labute approximate surface area is 302 Å². The van der Waals surface area contributed by atoms with Crippen molar-refractivity contribution in [3.8, 4) is 17.1 Å². The van der Waals surface area contributed by atoms with Gasteiger partial charge in [0.05, 0.1) is 24.2 Å². The Morgan fingerprint density at radius 2 is 1.43 bits per heavy atom. The van der Waals surface area contributed by atoms with Crippen LogP contribution in [-0.2, 0) is 25.7 Å². The quantitative estimate of drug-likeness (QED) is 0.0604. The van der Waals surface area contributed by atoms with Crippen LogP contribution in [-0.4, -0.2) is 43.8 Å². The number of esters is 2. The van der Waals surface area contributed by atoms with Crippen LogP contribution in [0, 0.1) is 20.8 Å². The van der Waals surface area contributed by atoms with E-state index in [-0.39, 0.29) is 30.6 Å². The minimum absolute atomic E-state index is 0.107. The lowest BCUT2D eigenvalue weighted by Gasteiger charge is -2.12. The zero-order chi connectivity index (χ0) is 36.6. The molecule has 0 atom stereocenters. The summed E-state index contributed by atoms with van der Waals surface area (Å²) in [6.45, 7) is 10.0. The number of aromatic nitrogens is 3. The van der Waals surface area contributed by atoms with Crippen LogP contribution in [0.3, 0.4) is 0 Å². The number of carbonyl (C=O) groups excluding carboxylic acids is 3. The molecule has 51 heavy (non-hydrogen) atoms. The first kappa shape index (κ1) is 38.1. The Hall–Kier alpha value is -5.75. The van der Waals surface area contributed by atoms with Crippen molar-refractivity contribution in [1.82, 2.24) is 20.1 Å². The fourth-order valence-corrected chi connectivity index (χ4v) is 5.22. The first-order valence-corrected chi connectivity index (χ1v) is 17.5. The molecule has 0 spiro atoms. The van der Waals surface area contributed by atoms with Crippen LogP contribution < -0.4 is 10.6 Å². The summed E-state index contributed by atoms with van der Waals surface area (Å²) < 4.78 is 12.3. The lowest BCUT2D eigenvalue weighted by Crippen LogP contribution is -2.33. The summed E-state index contributed by atoms with van der Waals surface area (Å²) in [5, 5.41) is 10.4. The Balaban J connectivity index is 0.00000286. The third kappa shape index (κ3) is 12.0. The van der Waals surface area contributed by atoms with Crippen LogP contribution in [0.1, 0.15) is 48.9 Å². The van der Waals surface area contributed by atoms with Gasteiger partial charge in [-0.2, -0.15) is 0 Å². The number of aryl methyl sites for hydroxylation is 3. The van der Waals surface area contributed by atoms with E-state index in [9.17, 15) is 14.4 Å². The number of aliphatic imine (C=N–C) groups is 1. The number of ether oxygens (including phenoxy) is 2. The van der Waals surface area contributed by atoms with Gasteiger partial charge in [-0.3, -0.25) is 14.9 Å². The number of nitrogens with one attached hydrogen (secondary N) is 2. The number of para-hydroxylation sites is 1. The molecule has 0 aliphatic rings. The normalized spacial score (nSPS) is 10.8. The first-order chi connectivity index (χ1) is 24.7. The van der Waals surface area contributed by atoms with E-state index in [1.807, 2.05) is 120 Å². The molecule has 0 aliphatic heterocycles. The molecule has 0 saturated carbocycles. The Kier molecular flexibility index (Phi) is 14.5. The standard InChI is InChI=1S/C37H36N6O5S.C2H6/c1-25-12-18-31(19-13-25)43-23-38-35(42-43)29-14-16-30(17-15-29)39-36(46)41-37(40-34-26(2)8-7-9-27(34)3)49-24-48-33(45)21-20-32(44)47-22-28-10-5-4-6-11-28;1-2/h4-19,23H,20-22,24H2,1-3H3,(H2,39,40,41,46);1-2H3. The van der Waals surface area contributed by atoms with Crippen LogP contribution in [0.15, 0.2) is 108 Å². The number of amidine groups is 1. The lowest BCUT2D eigenvalue weighted by molar-refractivity contribution is -0.150. The van der Waals surface area contributed by atoms with Crippen molar-refractivity contribution in [2.75, 3.05) is 11.3 Å². The van der Waals surface area contributed by atoms with Crippen molar-refractivity contribution in [2.24, 2.45) is 4.99 Å². The number of rotatable bonds is 11. The van der Waals surface area contributed by atoms with E-state index in [1.165, 1.54) is 0 Å². The Morgan fingerprint density at radius 1 is 0.784 bits per heavy atom. The van der Waals surface area contributed by atoms with Gasteiger partial charge in [-0.05, 0) is 85.6 Å². The minimum Gasteiger partial charge on any atom is -0.461 e. The highest BCUT2D eigenvalue weighted by molar-refractivity contribution is 8.13. The molecule has 1 aromatic heterocycles. The highest BCUT2D eigenvalue weighted by atomic mass is 32.2. The highest BCUT2D eigenvalue weighted by Gasteiger charge is 2.14. The highest BCUT2D eigenvalue weighted by Crippen LogP contribution is 2.25. The zero-order valence-electron chi connectivity index (χ0n) is 29.4. The molecular weight excluding hydrogens is 665 g/mol. The number of anilines is 1. The van der Waals surface area contributed by atoms with Gasteiger partial charge < -0.3 is 14.8 Å². The maximum atomic E-state index is 13.1. The number of hydrogen-bond acceptors (Lipinski definition) is 9. The number of nitrogens with zero attached hydrogens (tertiary/aromatic N) is 4. The summed E-state index contributed by atoms with van der Waals surface area (Å²) >= 11 is 1.04. The van der Waals surface area contributed by atoms with Gasteiger partial charge in [-0.1, -0.05) is 80.1 Å². The van der Waals surface area contributed by atoms with E-state index in [4.69, 9.17) is 9.47 Å². The van der Waals surface area contributed by atoms with E-state index in [0.29, 0.717) is 17.2 Å². The van der Waals surface area contributed by atoms with Crippen LogP contribution >= 0.6 is 11.8 Å². The number of urea groups is 1.